The lowest BCUT2D eigenvalue weighted by molar-refractivity contribution is -0.154. The second kappa shape index (κ2) is 9.85. The molecule has 7 nitrogen and oxygen atoms in total. The maximum atomic E-state index is 12.5. The highest BCUT2D eigenvalue weighted by Crippen LogP contribution is 2.19. The largest absolute Gasteiger partial charge is 0.468 e. The van der Waals surface area contributed by atoms with Crippen LogP contribution in [0.4, 0.5) is 19.0 Å². The summed E-state index contributed by atoms with van der Waals surface area (Å²) in [6, 6.07) is 5.33. The van der Waals surface area contributed by atoms with Crippen LogP contribution in [-0.4, -0.2) is 34.6 Å². The Morgan fingerprint density at radius 2 is 1.97 bits per heavy atom. The fourth-order valence-electron chi connectivity index (χ4n) is 2.32. The standard InChI is InChI=1S/C19H21F3N4O3/c1-3-4-16(27)26-15-9-13(7-8-23-15)18(28)25-12(2)14-5-6-17(24-10-14)29-11-19(20,21)22/h5-10,12H,3-4,11H2,1-2H3,(H,25,28)(H,23,26,27). The molecular weight excluding hydrogens is 389 g/mol. The van der Waals surface area contributed by atoms with E-state index in [4.69, 9.17) is 0 Å². The molecule has 0 saturated carbocycles. The van der Waals surface area contributed by atoms with Gasteiger partial charge in [0.1, 0.15) is 5.82 Å². The number of amides is 2. The smallest absolute Gasteiger partial charge is 0.422 e. The first-order valence-electron chi connectivity index (χ1n) is 8.90. The summed E-state index contributed by atoms with van der Waals surface area (Å²) in [7, 11) is 0. The Balaban J connectivity index is 1.97. The lowest BCUT2D eigenvalue weighted by atomic mass is 10.1. The molecule has 2 heterocycles. The Labute approximate surface area is 165 Å². The van der Waals surface area contributed by atoms with Crippen LogP contribution in [-0.2, 0) is 4.79 Å². The summed E-state index contributed by atoms with van der Waals surface area (Å²) in [5.41, 5.74) is 0.889. The number of aromatic nitrogens is 2. The summed E-state index contributed by atoms with van der Waals surface area (Å²) < 4.78 is 41.0. The Bertz CT molecular complexity index is 841. The Kier molecular flexibility index (Phi) is 7.52. The van der Waals surface area contributed by atoms with Crippen molar-refractivity contribution in [2.24, 2.45) is 0 Å². The Morgan fingerprint density at radius 3 is 2.59 bits per heavy atom. The maximum Gasteiger partial charge on any atom is 0.422 e. The maximum absolute atomic E-state index is 12.5. The van der Waals surface area contributed by atoms with Crippen molar-refractivity contribution in [2.45, 2.75) is 38.9 Å². The van der Waals surface area contributed by atoms with Gasteiger partial charge in [-0.25, -0.2) is 9.97 Å². The van der Waals surface area contributed by atoms with E-state index in [0.29, 0.717) is 24.0 Å². The van der Waals surface area contributed by atoms with E-state index in [1.807, 2.05) is 6.92 Å². The molecule has 2 rings (SSSR count). The first-order chi connectivity index (χ1) is 13.7. The molecule has 0 radical (unpaired) electrons. The summed E-state index contributed by atoms with van der Waals surface area (Å²) in [5, 5.41) is 5.37. The van der Waals surface area contributed by atoms with Gasteiger partial charge in [0.15, 0.2) is 6.61 Å². The second-order valence-corrected chi connectivity index (χ2v) is 6.26. The number of hydrogen-bond acceptors (Lipinski definition) is 5. The monoisotopic (exact) mass is 410 g/mol. The first kappa shape index (κ1) is 22.1. The van der Waals surface area contributed by atoms with Crippen LogP contribution in [0.15, 0.2) is 36.7 Å². The summed E-state index contributed by atoms with van der Waals surface area (Å²) in [4.78, 5) is 31.9. The van der Waals surface area contributed by atoms with Crippen molar-refractivity contribution >= 4 is 17.6 Å². The van der Waals surface area contributed by atoms with Gasteiger partial charge in [0.25, 0.3) is 5.91 Å². The van der Waals surface area contributed by atoms with Gasteiger partial charge in [-0.2, -0.15) is 13.2 Å². The van der Waals surface area contributed by atoms with E-state index in [-0.39, 0.29) is 17.6 Å². The minimum absolute atomic E-state index is 0.161. The van der Waals surface area contributed by atoms with Gasteiger partial charge in [0, 0.05) is 30.4 Å². The van der Waals surface area contributed by atoms with E-state index in [2.05, 4.69) is 25.3 Å². The van der Waals surface area contributed by atoms with E-state index in [9.17, 15) is 22.8 Å². The van der Waals surface area contributed by atoms with Crippen molar-refractivity contribution in [3.63, 3.8) is 0 Å². The predicted octanol–water partition coefficient (Wildman–Crippen LogP) is 3.65. The molecule has 29 heavy (non-hydrogen) atoms. The predicted molar refractivity (Wildman–Crippen MR) is 99.4 cm³/mol. The van der Waals surface area contributed by atoms with Crippen LogP contribution in [0.5, 0.6) is 5.88 Å². The van der Waals surface area contributed by atoms with Crippen molar-refractivity contribution in [3.8, 4) is 5.88 Å². The number of nitrogens with zero attached hydrogens (tertiary/aromatic N) is 2. The van der Waals surface area contributed by atoms with Crippen molar-refractivity contribution in [1.29, 1.82) is 0 Å². The third kappa shape index (κ3) is 7.40. The third-order valence-corrected chi connectivity index (χ3v) is 3.76. The van der Waals surface area contributed by atoms with Crippen LogP contribution in [0.3, 0.4) is 0 Å². The lowest BCUT2D eigenvalue weighted by Crippen LogP contribution is -2.27. The van der Waals surface area contributed by atoms with Gasteiger partial charge in [-0.1, -0.05) is 13.0 Å². The minimum Gasteiger partial charge on any atom is -0.468 e. The molecule has 1 atom stereocenters. The fourth-order valence-corrected chi connectivity index (χ4v) is 2.32. The normalized spacial score (nSPS) is 12.2. The molecule has 0 aliphatic carbocycles. The van der Waals surface area contributed by atoms with Gasteiger partial charge in [-0.3, -0.25) is 9.59 Å². The summed E-state index contributed by atoms with van der Waals surface area (Å²) in [6.45, 7) is 2.16. The third-order valence-electron chi connectivity index (χ3n) is 3.76. The highest BCUT2D eigenvalue weighted by molar-refractivity contribution is 5.96. The number of hydrogen-bond donors (Lipinski definition) is 2. The average Bonchev–Trinajstić information content (AvgIpc) is 2.66. The summed E-state index contributed by atoms with van der Waals surface area (Å²) >= 11 is 0. The van der Waals surface area contributed by atoms with Gasteiger partial charge in [0.2, 0.25) is 11.8 Å². The van der Waals surface area contributed by atoms with E-state index in [0.717, 1.165) is 0 Å². The number of pyridine rings is 2. The number of alkyl halides is 3. The van der Waals surface area contributed by atoms with Gasteiger partial charge >= 0.3 is 6.18 Å². The van der Waals surface area contributed by atoms with E-state index in [1.165, 1.54) is 36.7 Å². The molecule has 0 fully saturated rings. The number of carbonyl (C=O) groups is 2. The van der Waals surface area contributed by atoms with Gasteiger partial charge in [-0.15, -0.1) is 0 Å². The molecular formula is C19H21F3N4O3. The molecule has 2 N–H and O–H groups in total. The molecule has 2 aromatic rings. The molecule has 0 bridgehead atoms. The molecule has 0 aromatic carbocycles. The highest BCUT2D eigenvalue weighted by atomic mass is 19.4. The molecule has 0 aliphatic heterocycles. The summed E-state index contributed by atoms with van der Waals surface area (Å²) in [5.74, 6) is -0.476. The van der Waals surface area contributed by atoms with Crippen LogP contribution in [0.25, 0.3) is 0 Å². The number of ether oxygens (including phenoxy) is 1. The van der Waals surface area contributed by atoms with Gasteiger partial charge in [-0.05, 0) is 31.0 Å². The van der Waals surface area contributed by atoms with Crippen molar-refractivity contribution in [3.05, 3.63) is 47.8 Å². The van der Waals surface area contributed by atoms with Crippen LogP contribution in [0.1, 0.15) is 48.7 Å². The highest BCUT2D eigenvalue weighted by Gasteiger charge is 2.28. The number of nitrogens with one attached hydrogen (secondary N) is 2. The van der Waals surface area contributed by atoms with Crippen LogP contribution in [0, 0.1) is 0 Å². The van der Waals surface area contributed by atoms with Gasteiger partial charge in [0.05, 0.1) is 6.04 Å². The molecule has 0 spiro atoms. The van der Waals surface area contributed by atoms with Crippen LogP contribution < -0.4 is 15.4 Å². The number of halogens is 3. The van der Waals surface area contributed by atoms with Gasteiger partial charge < -0.3 is 15.4 Å². The quantitative estimate of drug-likeness (QED) is 0.693. The zero-order chi connectivity index (χ0) is 21.4. The Hall–Kier alpha value is -3.17. The van der Waals surface area contributed by atoms with E-state index in [1.54, 1.807) is 6.92 Å². The van der Waals surface area contributed by atoms with Crippen LogP contribution >= 0.6 is 0 Å². The fraction of sp³-hybridized carbons (Fsp3) is 0.368. The SMILES string of the molecule is CCCC(=O)Nc1cc(C(=O)NC(C)c2ccc(OCC(F)(F)F)nc2)ccn1. The molecule has 2 amide bonds. The Morgan fingerprint density at radius 1 is 1.21 bits per heavy atom. The molecule has 156 valence electrons. The average molecular weight is 410 g/mol. The van der Waals surface area contributed by atoms with Crippen molar-refractivity contribution < 1.29 is 27.5 Å². The number of anilines is 1. The number of rotatable bonds is 8. The minimum atomic E-state index is -4.44. The van der Waals surface area contributed by atoms with Crippen LogP contribution in [0.2, 0.25) is 0 Å². The molecule has 2 aromatic heterocycles. The molecule has 0 aliphatic rings. The molecule has 1 unspecified atom stereocenters. The zero-order valence-corrected chi connectivity index (χ0v) is 15.9. The molecule has 10 heteroatoms. The topological polar surface area (TPSA) is 93.2 Å². The number of carbonyl (C=O) groups excluding carboxylic acids is 2. The summed E-state index contributed by atoms with van der Waals surface area (Å²) in [6.07, 6.45) is -0.654. The van der Waals surface area contributed by atoms with E-state index < -0.39 is 24.7 Å². The second-order valence-electron chi connectivity index (χ2n) is 6.26. The lowest BCUT2D eigenvalue weighted by Gasteiger charge is -2.15. The molecule has 0 saturated heterocycles. The first-order valence-corrected chi connectivity index (χ1v) is 8.90. The zero-order valence-electron chi connectivity index (χ0n) is 15.9. The van der Waals surface area contributed by atoms with Crippen molar-refractivity contribution in [1.82, 2.24) is 15.3 Å². The van der Waals surface area contributed by atoms with E-state index >= 15 is 0 Å². The van der Waals surface area contributed by atoms with Crippen molar-refractivity contribution in [2.75, 3.05) is 11.9 Å².